The molecule has 0 radical (unpaired) electrons. The van der Waals surface area contributed by atoms with Gasteiger partial charge in [0, 0.05) is 18.7 Å². The van der Waals surface area contributed by atoms with Gasteiger partial charge in [-0.2, -0.15) is 0 Å². The lowest BCUT2D eigenvalue weighted by Crippen LogP contribution is -2.28. The number of anilines is 1. The van der Waals surface area contributed by atoms with E-state index in [1.54, 1.807) is 12.1 Å². The van der Waals surface area contributed by atoms with Gasteiger partial charge in [0.2, 0.25) is 15.9 Å². The summed E-state index contributed by atoms with van der Waals surface area (Å²) in [6.07, 6.45) is 0.0234. The summed E-state index contributed by atoms with van der Waals surface area (Å²) >= 11 is 5.89. The second kappa shape index (κ2) is 8.47. The van der Waals surface area contributed by atoms with Crippen LogP contribution in [0, 0.1) is 0 Å². The van der Waals surface area contributed by atoms with Crippen LogP contribution in [-0.2, 0) is 14.8 Å². The highest BCUT2D eigenvalue weighted by Gasteiger charge is 2.17. The van der Waals surface area contributed by atoms with Gasteiger partial charge in [-0.1, -0.05) is 49.7 Å². The Balaban J connectivity index is 1.87. The summed E-state index contributed by atoms with van der Waals surface area (Å²) in [6, 6.07) is 13.8. The summed E-state index contributed by atoms with van der Waals surface area (Å²) < 4.78 is 26.7. The maximum Gasteiger partial charge on any atom is 0.242 e. The molecule has 0 saturated heterocycles. The first-order chi connectivity index (χ1) is 11.8. The topological polar surface area (TPSA) is 75.3 Å². The minimum absolute atomic E-state index is 0.00125. The fourth-order valence-electron chi connectivity index (χ4n) is 2.21. The smallest absolute Gasteiger partial charge is 0.242 e. The fourth-order valence-corrected chi connectivity index (χ4v) is 3.76. The molecule has 2 N–H and O–H groups in total. The van der Waals surface area contributed by atoms with Crippen LogP contribution in [0.4, 0.5) is 5.69 Å². The van der Waals surface area contributed by atoms with Crippen molar-refractivity contribution < 1.29 is 13.2 Å². The van der Waals surface area contributed by atoms with Crippen molar-refractivity contribution in [2.24, 2.45) is 0 Å². The zero-order valence-corrected chi connectivity index (χ0v) is 15.7. The number of hydrogen-bond acceptors (Lipinski definition) is 3. The molecule has 0 spiro atoms. The number of halogens is 1. The van der Waals surface area contributed by atoms with Crippen LogP contribution in [0.15, 0.2) is 53.4 Å². The highest BCUT2D eigenvalue weighted by Crippen LogP contribution is 2.20. The normalized spacial score (nSPS) is 11.5. The highest BCUT2D eigenvalue weighted by molar-refractivity contribution is 7.89. The van der Waals surface area contributed by atoms with Crippen molar-refractivity contribution in [1.82, 2.24) is 4.72 Å². The number of rotatable bonds is 7. The van der Waals surface area contributed by atoms with Gasteiger partial charge in [-0.3, -0.25) is 4.79 Å². The molecule has 0 aliphatic heterocycles. The first-order valence-electron chi connectivity index (χ1n) is 7.93. The Morgan fingerprint density at radius 2 is 1.72 bits per heavy atom. The molecular weight excluding hydrogens is 360 g/mol. The van der Waals surface area contributed by atoms with Crippen LogP contribution >= 0.6 is 11.6 Å². The van der Waals surface area contributed by atoms with Crippen molar-refractivity contribution in [2.45, 2.75) is 31.1 Å². The Kier molecular flexibility index (Phi) is 6.58. The minimum atomic E-state index is -3.74. The lowest BCUT2D eigenvalue weighted by molar-refractivity contribution is -0.116. The summed E-state index contributed by atoms with van der Waals surface area (Å²) in [4.78, 5) is 11.9. The molecule has 0 atom stereocenters. The number of hydrogen-bond donors (Lipinski definition) is 2. The van der Waals surface area contributed by atoms with E-state index in [2.05, 4.69) is 23.9 Å². The van der Waals surface area contributed by atoms with E-state index in [-0.39, 0.29) is 28.8 Å². The molecule has 2 rings (SSSR count). The number of sulfonamides is 1. The molecule has 0 aliphatic rings. The Morgan fingerprint density at radius 1 is 1.08 bits per heavy atom. The fraction of sp³-hybridized carbons (Fsp3) is 0.278. The molecule has 0 bridgehead atoms. The number of nitrogens with one attached hydrogen (secondary N) is 2. The number of carbonyl (C=O) groups is 1. The van der Waals surface area contributed by atoms with Crippen molar-refractivity contribution in [3.8, 4) is 0 Å². The van der Waals surface area contributed by atoms with Crippen LogP contribution in [0.5, 0.6) is 0 Å². The second-order valence-corrected chi connectivity index (χ2v) is 8.05. The molecule has 0 heterocycles. The summed E-state index contributed by atoms with van der Waals surface area (Å²) in [5.41, 5.74) is 1.87. The van der Waals surface area contributed by atoms with E-state index in [9.17, 15) is 13.2 Å². The van der Waals surface area contributed by atoms with Gasteiger partial charge >= 0.3 is 0 Å². The zero-order chi connectivity index (χ0) is 18.4. The van der Waals surface area contributed by atoms with E-state index in [0.29, 0.717) is 11.6 Å². The molecule has 2 aromatic rings. The maximum atomic E-state index is 12.2. The monoisotopic (exact) mass is 380 g/mol. The number of benzene rings is 2. The molecule has 0 fully saturated rings. The standard InChI is InChI=1S/C18H21ClN2O3S/c1-13(2)14-7-9-15(10-8-14)21-18(22)11-12-20-25(23,24)17-6-4-3-5-16(17)19/h3-10,13,20H,11-12H2,1-2H3,(H,21,22). The average molecular weight is 381 g/mol. The minimum Gasteiger partial charge on any atom is -0.326 e. The Labute approximate surface area is 153 Å². The quantitative estimate of drug-likeness (QED) is 0.767. The van der Waals surface area contributed by atoms with E-state index >= 15 is 0 Å². The molecule has 25 heavy (non-hydrogen) atoms. The Hall–Kier alpha value is -1.89. The molecule has 134 valence electrons. The van der Waals surface area contributed by atoms with Gasteiger partial charge in [0.15, 0.2) is 0 Å². The highest BCUT2D eigenvalue weighted by atomic mass is 35.5. The first kappa shape index (κ1) is 19.4. The van der Waals surface area contributed by atoms with Crippen LogP contribution in [0.3, 0.4) is 0 Å². The van der Waals surface area contributed by atoms with Gasteiger partial charge in [-0.05, 0) is 35.7 Å². The van der Waals surface area contributed by atoms with Gasteiger partial charge in [0.1, 0.15) is 4.90 Å². The molecule has 2 aromatic carbocycles. The summed E-state index contributed by atoms with van der Waals surface area (Å²) in [5.74, 6) is 0.156. The molecule has 5 nitrogen and oxygen atoms in total. The van der Waals surface area contributed by atoms with Crippen LogP contribution in [0.25, 0.3) is 0 Å². The van der Waals surface area contributed by atoms with Crippen LogP contribution in [-0.4, -0.2) is 20.9 Å². The first-order valence-corrected chi connectivity index (χ1v) is 9.80. The Bertz CT molecular complexity index is 834. The Morgan fingerprint density at radius 3 is 2.32 bits per heavy atom. The van der Waals surface area contributed by atoms with Crippen LogP contribution in [0.1, 0.15) is 31.7 Å². The SMILES string of the molecule is CC(C)c1ccc(NC(=O)CCNS(=O)(=O)c2ccccc2Cl)cc1. The third-order valence-electron chi connectivity index (χ3n) is 3.63. The summed E-state index contributed by atoms with van der Waals surface area (Å²) in [6.45, 7) is 4.18. The number of amides is 1. The predicted molar refractivity (Wildman–Crippen MR) is 100 cm³/mol. The lowest BCUT2D eigenvalue weighted by atomic mass is 10.0. The van der Waals surface area contributed by atoms with Crippen molar-refractivity contribution in [3.05, 3.63) is 59.1 Å². The van der Waals surface area contributed by atoms with Gasteiger partial charge in [-0.25, -0.2) is 13.1 Å². The molecule has 7 heteroatoms. The molecule has 0 aromatic heterocycles. The van der Waals surface area contributed by atoms with E-state index in [4.69, 9.17) is 11.6 Å². The number of carbonyl (C=O) groups excluding carboxylic acids is 1. The van der Waals surface area contributed by atoms with E-state index < -0.39 is 10.0 Å². The zero-order valence-electron chi connectivity index (χ0n) is 14.1. The predicted octanol–water partition coefficient (Wildman–Crippen LogP) is 3.77. The van der Waals surface area contributed by atoms with Crippen LogP contribution < -0.4 is 10.0 Å². The summed E-state index contributed by atoms with van der Waals surface area (Å²) in [5, 5.41) is 2.89. The van der Waals surface area contributed by atoms with Crippen molar-refractivity contribution in [3.63, 3.8) is 0 Å². The molecular formula is C18H21ClN2O3S. The van der Waals surface area contributed by atoms with E-state index in [1.807, 2.05) is 24.3 Å². The maximum absolute atomic E-state index is 12.2. The van der Waals surface area contributed by atoms with Crippen molar-refractivity contribution >= 4 is 33.2 Å². The van der Waals surface area contributed by atoms with Gasteiger partial charge < -0.3 is 5.32 Å². The molecule has 0 unspecified atom stereocenters. The molecule has 1 amide bonds. The largest absolute Gasteiger partial charge is 0.326 e. The van der Waals surface area contributed by atoms with E-state index in [1.165, 1.54) is 17.7 Å². The van der Waals surface area contributed by atoms with E-state index in [0.717, 1.165) is 0 Å². The van der Waals surface area contributed by atoms with Gasteiger partial charge in [0.05, 0.1) is 5.02 Å². The lowest BCUT2D eigenvalue weighted by Gasteiger charge is -2.10. The second-order valence-electron chi connectivity index (χ2n) is 5.90. The third kappa shape index (κ3) is 5.56. The van der Waals surface area contributed by atoms with Gasteiger partial charge in [-0.15, -0.1) is 0 Å². The van der Waals surface area contributed by atoms with Crippen molar-refractivity contribution in [1.29, 1.82) is 0 Å². The van der Waals surface area contributed by atoms with Gasteiger partial charge in [0.25, 0.3) is 0 Å². The summed E-state index contributed by atoms with van der Waals surface area (Å²) in [7, 11) is -3.74. The molecule has 0 saturated carbocycles. The van der Waals surface area contributed by atoms with Crippen LogP contribution in [0.2, 0.25) is 5.02 Å². The molecule has 0 aliphatic carbocycles. The third-order valence-corrected chi connectivity index (χ3v) is 5.59. The average Bonchev–Trinajstić information content (AvgIpc) is 2.55. The van der Waals surface area contributed by atoms with Crippen molar-refractivity contribution in [2.75, 3.05) is 11.9 Å².